The van der Waals surface area contributed by atoms with Crippen molar-refractivity contribution in [2.75, 3.05) is 26.3 Å². The maximum atomic E-state index is 12.0. The lowest BCUT2D eigenvalue weighted by molar-refractivity contribution is -0.137. The number of ether oxygens (including phenoxy) is 3. The molecule has 1 saturated heterocycles. The second-order valence-electron chi connectivity index (χ2n) is 6.15. The first-order chi connectivity index (χ1) is 10.3. The molecule has 0 N–H and O–H groups in total. The van der Waals surface area contributed by atoms with Crippen LogP contribution in [0, 0.1) is 0 Å². The van der Waals surface area contributed by atoms with Crippen LogP contribution in [0.2, 0.25) is 0 Å². The molecule has 0 aromatic carbocycles. The van der Waals surface area contributed by atoms with Crippen LogP contribution in [0.25, 0.3) is 0 Å². The molecule has 1 aliphatic heterocycles. The van der Waals surface area contributed by atoms with Crippen LogP contribution in [0.4, 0.5) is 4.79 Å². The number of rotatable bonds is 5. The fourth-order valence-corrected chi connectivity index (χ4v) is 2.04. The third kappa shape index (κ3) is 7.45. The van der Waals surface area contributed by atoms with Crippen LogP contribution in [-0.2, 0) is 19.0 Å². The lowest BCUT2D eigenvalue weighted by Gasteiger charge is -2.34. The summed E-state index contributed by atoms with van der Waals surface area (Å²) in [6, 6.07) is 0. The Morgan fingerprint density at radius 3 is 2.73 bits per heavy atom. The minimum absolute atomic E-state index is 0.0342. The first-order valence-electron chi connectivity index (χ1n) is 7.74. The molecule has 1 rings (SSSR count). The van der Waals surface area contributed by atoms with Crippen LogP contribution in [-0.4, -0.2) is 55.0 Å². The SMILES string of the molecule is CCOC(=O)C=CCCC1CN(C(=O)OC(C)(C)C)CCO1. The van der Waals surface area contributed by atoms with Gasteiger partial charge in [-0.3, -0.25) is 0 Å². The molecule has 6 nitrogen and oxygen atoms in total. The Kier molecular flexibility index (Phi) is 7.38. The van der Waals surface area contributed by atoms with Crippen LogP contribution < -0.4 is 0 Å². The van der Waals surface area contributed by atoms with Crippen molar-refractivity contribution in [3.05, 3.63) is 12.2 Å². The zero-order chi connectivity index (χ0) is 16.6. The normalized spacial score (nSPS) is 19.3. The summed E-state index contributed by atoms with van der Waals surface area (Å²) in [6.45, 7) is 9.26. The summed E-state index contributed by atoms with van der Waals surface area (Å²) in [4.78, 5) is 24.9. The van der Waals surface area contributed by atoms with Crippen molar-refractivity contribution in [2.45, 2.75) is 52.2 Å². The van der Waals surface area contributed by atoms with Crippen molar-refractivity contribution in [1.29, 1.82) is 0 Å². The number of hydrogen-bond acceptors (Lipinski definition) is 5. The van der Waals surface area contributed by atoms with E-state index in [0.717, 1.165) is 6.42 Å². The number of allylic oxidation sites excluding steroid dienone is 1. The summed E-state index contributed by atoms with van der Waals surface area (Å²) in [6.07, 6.45) is 4.31. The molecular formula is C16H27NO5. The third-order valence-corrected chi connectivity index (χ3v) is 2.99. The molecule has 0 spiro atoms. The molecule has 1 atom stereocenters. The summed E-state index contributed by atoms with van der Waals surface area (Å²) in [5.74, 6) is -0.331. The first kappa shape index (κ1) is 18.5. The van der Waals surface area contributed by atoms with Gasteiger partial charge in [0.2, 0.25) is 0 Å². The molecular weight excluding hydrogens is 286 g/mol. The zero-order valence-corrected chi connectivity index (χ0v) is 14.0. The van der Waals surface area contributed by atoms with E-state index in [0.29, 0.717) is 32.7 Å². The van der Waals surface area contributed by atoms with E-state index in [1.807, 2.05) is 20.8 Å². The Hall–Kier alpha value is -1.56. The van der Waals surface area contributed by atoms with Crippen molar-refractivity contribution in [2.24, 2.45) is 0 Å². The number of carbonyl (C=O) groups excluding carboxylic acids is 2. The minimum Gasteiger partial charge on any atom is -0.463 e. The number of esters is 1. The average Bonchev–Trinajstić information content (AvgIpc) is 2.42. The van der Waals surface area contributed by atoms with Crippen LogP contribution in [0.3, 0.4) is 0 Å². The fraction of sp³-hybridized carbons (Fsp3) is 0.750. The highest BCUT2D eigenvalue weighted by Gasteiger charge is 2.27. The third-order valence-electron chi connectivity index (χ3n) is 2.99. The van der Waals surface area contributed by atoms with E-state index >= 15 is 0 Å². The van der Waals surface area contributed by atoms with Gasteiger partial charge in [-0.15, -0.1) is 0 Å². The second-order valence-corrected chi connectivity index (χ2v) is 6.15. The van der Waals surface area contributed by atoms with Gasteiger partial charge in [0.05, 0.1) is 25.9 Å². The van der Waals surface area contributed by atoms with Gasteiger partial charge in [0.25, 0.3) is 0 Å². The van der Waals surface area contributed by atoms with Gasteiger partial charge >= 0.3 is 12.1 Å². The highest BCUT2D eigenvalue weighted by molar-refractivity contribution is 5.81. The van der Waals surface area contributed by atoms with Gasteiger partial charge in [0.1, 0.15) is 5.60 Å². The standard InChI is InChI=1S/C16H27NO5/c1-5-20-14(18)9-7-6-8-13-12-17(10-11-21-13)15(19)22-16(2,3)4/h7,9,13H,5-6,8,10-12H2,1-4H3. The van der Waals surface area contributed by atoms with Crippen LogP contribution in [0.5, 0.6) is 0 Å². The Morgan fingerprint density at radius 2 is 2.09 bits per heavy atom. The van der Waals surface area contributed by atoms with Gasteiger partial charge in [0, 0.05) is 12.6 Å². The molecule has 0 aromatic rings. The molecule has 0 aliphatic carbocycles. The van der Waals surface area contributed by atoms with E-state index in [9.17, 15) is 9.59 Å². The highest BCUT2D eigenvalue weighted by Crippen LogP contribution is 2.15. The summed E-state index contributed by atoms with van der Waals surface area (Å²) in [7, 11) is 0. The molecule has 1 unspecified atom stereocenters. The second kappa shape index (κ2) is 8.78. The Labute approximate surface area is 132 Å². The van der Waals surface area contributed by atoms with E-state index in [4.69, 9.17) is 14.2 Å². The van der Waals surface area contributed by atoms with Gasteiger partial charge in [-0.2, -0.15) is 0 Å². The molecule has 0 saturated carbocycles. The maximum Gasteiger partial charge on any atom is 0.410 e. The van der Waals surface area contributed by atoms with E-state index in [1.54, 1.807) is 17.9 Å². The highest BCUT2D eigenvalue weighted by atomic mass is 16.6. The quantitative estimate of drug-likeness (QED) is 0.576. The Morgan fingerprint density at radius 1 is 1.36 bits per heavy atom. The summed E-state index contributed by atoms with van der Waals surface area (Å²) < 4.78 is 15.8. The average molecular weight is 313 g/mol. The number of morpholine rings is 1. The molecule has 1 aliphatic rings. The molecule has 126 valence electrons. The molecule has 0 radical (unpaired) electrons. The number of amides is 1. The van der Waals surface area contributed by atoms with Crippen LogP contribution in [0.1, 0.15) is 40.5 Å². The maximum absolute atomic E-state index is 12.0. The predicted octanol–water partition coefficient (Wildman–Crippen LogP) is 2.52. The van der Waals surface area contributed by atoms with E-state index in [2.05, 4.69) is 0 Å². The number of hydrogen-bond donors (Lipinski definition) is 0. The molecule has 1 fully saturated rings. The van der Waals surface area contributed by atoms with Crippen LogP contribution in [0.15, 0.2) is 12.2 Å². The fourth-order valence-electron chi connectivity index (χ4n) is 2.04. The van der Waals surface area contributed by atoms with Gasteiger partial charge in [-0.1, -0.05) is 6.08 Å². The van der Waals surface area contributed by atoms with Crippen molar-refractivity contribution in [1.82, 2.24) is 4.90 Å². The molecule has 0 aromatic heterocycles. The van der Waals surface area contributed by atoms with E-state index in [1.165, 1.54) is 6.08 Å². The Balaban J connectivity index is 2.34. The molecule has 6 heteroatoms. The van der Waals surface area contributed by atoms with Gasteiger partial charge in [0.15, 0.2) is 0 Å². The number of carbonyl (C=O) groups is 2. The van der Waals surface area contributed by atoms with Crippen LogP contribution >= 0.6 is 0 Å². The van der Waals surface area contributed by atoms with Gasteiger partial charge in [-0.25, -0.2) is 9.59 Å². The smallest absolute Gasteiger partial charge is 0.410 e. The monoisotopic (exact) mass is 313 g/mol. The number of nitrogens with zero attached hydrogens (tertiary/aromatic N) is 1. The van der Waals surface area contributed by atoms with Crippen molar-refractivity contribution < 1.29 is 23.8 Å². The molecule has 0 bridgehead atoms. The predicted molar refractivity (Wildman–Crippen MR) is 82.6 cm³/mol. The van der Waals surface area contributed by atoms with Gasteiger partial charge < -0.3 is 19.1 Å². The van der Waals surface area contributed by atoms with Crippen molar-refractivity contribution in [3.8, 4) is 0 Å². The van der Waals surface area contributed by atoms with E-state index in [-0.39, 0.29) is 18.2 Å². The first-order valence-corrected chi connectivity index (χ1v) is 7.74. The van der Waals surface area contributed by atoms with Crippen molar-refractivity contribution >= 4 is 12.1 Å². The van der Waals surface area contributed by atoms with Crippen molar-refractivity contribution in [3.63, 3.8) is 0 Å². The van der Waals surface area contributed by atoms with E-state index < -0.39 is 5.60 Å². The largest absolute Gasteiger partial charge is 0.463 e. The lowest BCUT2D eigenvalue weighted by Crippen LogP contribution is -2.47. The summed E-state index contributed by atoms with van der Waals surface area (Å²) in [5, 5.41) is 0. The van der Waals surface area contributed by atoms with Gasteiger partial charge in [-0.05, 0) is 40.5 Å². The molecule has 1 heterocycles. The molecule has 22 heavy (non-hydrogen) atoms. The molecule has 1 amide bonds. The lowest BCUT2D eigenvalue weighted by atomic mass is 10.1. The zero-order valence-electron chi connectivity index (χ0n) is 14.0. The summed E-state index contributed by atoms with van der Waals surface area (Å²) >= 11 is 0. The topological polar surface area (TPSA) is 65.1 Å². The minimum atomic E-state index is -0.493. The summed E-state index contributed by atoms with van der Waals surface area (Å²) in [5.41, 5.74) is -0.493. The Bertz CT molecular complexity index is 400.